The number of anilines is 1. The van der Waals surface area contributed by atoms with Gasteiger partial charge < -0.3 is 20.1 Å². The minimum absolute atomic E-state index is 0.244. The molecule has 0 atom stereocenters. The molecule has 0 unspecified atom stereocenters. The van der Waals surface area contributed by atoms with Crippen LogP contribution < -0.4 is 5.32 Å². The molecule has 1 amide bonds. The van der Waals surface area contributed by atoms with Crippen LogP contribution in [0.5, 0.6) is 0 Å². The third-order valence-electron chi connectivity index (χ3n) is 4.96. The van der Waals surface area contributed by atoms with E-state index in [0.29, 0.717) is 46.6 Å². The molecule has 1 aromatic carbocycles. The maximum absolute atomic E-state index is 12.8. The number of aryl methyl sites for hydroxylation is 2. The summed E-state index contributed by atoms with van der Waals surface area (Å²) in [6.45, 7) is 6.48. The summed E-state index contributed by atoms with van der Waals surface area (Å²) in [5.41, 5.74) is -0.737. The molecule has 0 bridgehead atoms. The number of carbonyl (C=O) groups excluding carboxylic acids is 1. The van der Waals surface area contributed by atoms with Gasteiger partial charge in [-0.05, 0) is 46.2 Å². The van der Waals surface area contributed by atoms with Gasteiger partial charge in [0.1, 0.15) is 11.5 Å². The molecular formula is C21H25F3N4O3S. The highest BCUT2D eigenvalue weighted by atomic mass is 32.1. The van der Waals surface area contributed by atoms with Gasteiger partial charge in [-0.3, -0.25) is 4.79 Å². The zero-order valence-corrected chi connectivity index (χ0v) is 19.1. The van der Waals surface area contributed by atoms with Crippen molar-refractivity contribution in [1.29, 1.82) is 0 Å². The highest BCUT2D eigenvalue weighted by molar-refractivity contribution is 7.10. The van der Waals surface area contributed by atoms with Gasteiger partial charge in [0.15, 0.2) is 5.01 Å². The molecule has 0 aliphatic rings. The van der Waals surface area contributed by atoms with Crippen LogP contribution in [0.15, 0.2) is 17.5 Å². The molecule has 3 aromatic rings. The fourth-order valence-electron chi connectivity index (χ4n) is 3.23. The second-order valence-electron chi connectivity index (χ2n) is 8.83. The fourth-order valence-corrected chi connectivity index (χ4v) is 3.90. The number of alkyl halides is 3. The van der Waals surface area contributed by atoms with E-state index in [0.717, 1.165) is 5.38 Å². The lowest BCUT2D eigenvalue weighted by Gasteiger charge is -2.22. The number of nitrogens with zero attached hydrogens (tertiary/aromatic N) is 3. The van der Waals surface area contributed by atoms with Crippen LogP contribution in [0.1, 0.15) is 61.0 Å². The Morgan fingerprint density at radius 1 is 1.16 bits per heavy atom. The summed E-state index contributed by atoms with van der Waals surface area (Å²) in [7, 11) is 1.79. The minimum Gasteiger partial charge on any atom is -0.390 e. The number of aromatic nitrogens is 3. The molecule has 0 saturated carbocycles. The van der Waals surface area contributed by atoms with Gasteiger partial charge in [-0.1, -0.05) is 0 Å². The number of nitrogens with one attached hydrogen (secondary N) is 1. The van der Waals surface area contributed by atoms with Crippen molar-refractivity contribution in [2.75, 3.05) is 5.32 Å². The first kappa shape index (κ1) is 24.1. The lowest BCUT2D eigenvalue weighted by Crippen LogP contribution is -2.21. The topological polar surface area (TPSA) is 100 Å². The van der Waals surface area contributed by atoms with Crippen LogP contribution in [0.3, 0.4) is 0 Å². The maximum Gasteiger partial charge on any atom is 0.443 e. The van der Waals surface area contributed by atoms with Crippen LogP contribution in [-0.2, 0) is 25.2 Å². The Kier molecular flexibility index (Phi) is 6.13. The summed E-state index contributed by atoms with van der Waals surface area (Å²) in [6.07, 6.45) is -3.64. The third-order valence-corrected chi connectivity index (χ3v) is 5.85. The largest absolute Gasteiger partial charge is 0.443 e. The molecule has 0 spiro atoms. The highest BCUT2D eigenvalue weighted by Gasteiger charge is 2.35. The molecule has 7 nitrogen and oxygen atoms in total. The number of hydrogen-bond acceptors (Lipinski definition) is 6. The average molecular weight is 471 g/mol. The molecule has 2 aromatic heterocycles. The number of carbonyl (C=O) groups is 1. The van der Waals surface area contributed by atoms with E-state index < -0.39 is 28.3 Å². The van der Waals surface area contributed by atoms with Crippen molar-refractivity contribution in [3.63, 3.8) is 0 Å². The van der Waals surface area contributed by atoms with Gasteiger partial charge in [-0.2, -0.15) is 13.2 Å². The molecule has 0 aliphatic heterocycles. The second-order valence-corrected chi connectivity index (χ2v) is 9.69. The highest BCUT2D eigenvalue weighted by Crippen LogP contribution is 2.34. The van der Waals surface area contributed by atoms with E-state index in [1.54, 1.807) is 33.0 Å². The van der Waals surface area contributed by atoms with Crippen LogP contribution in [0.4, 0.5) is 18.9 Å². The van der Waals surface area contributed by atoms with Crippen LogP contribution in [0.25, 0.3) is 11.0 Å². The van der Waals surface area contributed by atoms with Crippen molar-refractivity contribution in [3.05, 3.63) is 39.6 Å². The number of thiazole rings is 1. The first-order valence-electron chi connectivity index (χ1n) is 9.85. The van der Waals surface area contributed by atoms with Crippen molar-refractivity contribution in [2.45, 2.75) is 57.9 Å². The summed E-state index contributed by atoms with van der Waals surface area (Å²) in [6, 6.07) is 3.26. The van der Waals surface area contributed by atoms with E-state index >= 15 is 0 Å². The van der Waals surface area contributed by atoms with Crippen LogP contribution in [0.2, 0.25) is 0 Å². The molecule has 3 N–H and O–H groups in total. The second kappa shape index (κ2) is 8.13. The quantitative estimate of drug-likeness (QED) is 0.501. The fraction of sp³-hybridized carbons (Fsp3) is 0.476. The number of amides is 1. The molecule has 11 heteroatoms. The molecule has 32 heavy (non-hydrogen) atoms. The molecule has 0 aliphatic carbocycles. The first-order valence-corrected chi connectivity index (χ1v) is 10.7. The first-order chi connectivity index (χ1) is 14.6. The Balaban J connectivity index is 2.00. The Morgan fingerprint density at radius 3 is 2.34 bits per heavy atom. The van der Waals surface area contributed by atoms with Crippen molar-refractivity contribution in [2.24, 2.45) is 7.05 Å². The molecular weight excluding hydrogens is 445 g/mol. The lowest BCUT2D eigenvalue weighted by molar-refractivity contribution is -0.137. The molecule has 0 fully saturated rings. The van der Waals surface area contributed by atoms with Gasteiger partial charge in [0.2, 0.25) is 0 Å². The zero-order valence-electron chi connectivity index (χ0n) is 18.3. The van der Waals surface area contributed by atoms with Crippen molar-refractivity contribution >= 4 is 34.0 Å². The molecule has 3 rings (SSSR count). The summed E-state index contributed by atoms with van der Waals surface area (Å²) in [5.74, 6) is -0.104. The number of benzene rings is 1. The number of imidazole rings is 1. The van der Waals surface area contributed by atoms with E-state index in [2.05, 4.69) is 15.3 Å². The normalized spacial score (nSPS) is 13.1. The summed E-state index contributed by atoms with van der Waals surface area (Å²) >= 11 is 0.340. The van der Waals surface area contributed by atoms with Crippen molar-refractivity contribution in [1.82, 2.24) is 14.5 Å². The number of fused-ring (bicyclic) bond motifs is 1. The van der Waals surface area contributed by atoms with Gasteiger partial charge >= 0.3 is 6.18 Å². The summed E-state index contributed by atoms with van der Waals surface area (Å²) in [5, 5.41) is 23.1. The predicted molar refractivity (Wildman–Crippen MR) is 116 cm³/mol. The molecule has 0 radical (unpaired) electrons. The zero-order chi connectivity index (χ0) is 24.1. The maximum atomic E-state index is 12.8. The van der Waals surface area contributed by atoms with E-state index in [1.165, 1.54) is 13.8 Å². The SMILES string of the molecule is Cn1c(CCC(C)(C)O)nc2cc(C(C)(C)O)c(NC(=O)c3csc(C(F)(F)F)n3)cc21. The summed E-state index contributed by atoms with van der Waals surface area (Å²) < 4.78 is 40.3. The van der Waals surface area contributed by atoms with Gasteiger partial charge in [0, 0.05) is 30.1 Å². The molecule has 174 valence electrons. The Labute approximate surface area is 186 Å². The lowest BCUT2D eigenvalue weighted by atomic mass is 9.95. The van der Waals surface area contributed by atoms with Crippen molar-refractivity contribution < 1.29 is 28.2 Å². The van der Waals surface area contributed by atoms with Crippen LogP contribution in [-0.4, -0.2) is 36.3 Å². The monoisotopic (exact) mass is 470 g/mol. The van der Waals surface area contributed by atoms with Gasteiger partial charge in [-0.25, -0.2) is 9.97 Å². The minimum atomic E-state index is -4.63. The Morgan fingerprint density at radius 2 is 1.81 bits per heavy atom. The van der Waals surface area contributed by atoms with Gasteiger partial charge in [-0.15, -0.1) is 11.3 Å². The average Bonchev–Trinajstić information content (AvgIpc) is 3.24. The van der Waals surface area contributed by atoms with Crippen LogP contribution >= 0.6 is 11.3 Å². The standard InChI is InChI=1S/C21H25F3N4O3S/c1-19(2,30)7-6-16-25-13-8-11(20(3,4)31)12(9-15(13)28(16)5)26-17(29)14-10-32-18(27-14)21(22,23)24/h8-10,30-31H,6-7H2,1-5H3,(H,26,29). The third kappa shape index (κ3) is 5.28. The smallest absolute Gasteiger partial charge is 0.390 e. The van der Waals surface area contributed by atoms with Gasteiger partial charge in [0.25, 0.3) is 5.91 Å². The van der Waals surface area contributed by atoms with E-state index in [-0.39, 0.29) is 11.4 Å². The number of hydrogen-bond donors (Lipinski definition) is 3. The van der Waals surface area contributed by atoms with E-state index in [1.807, 2.05) is 4.57 Å². The molecule has 0 saturated heterocycles. The Bertz CT molecular complexity index is 1150. The van der Waals surface area contributed by atoms with Gasteiger partial charge in [0.05, 0.1) is 22.2 Å². The number of halogens is 3. The summed E-state index contributed by atoms with van der Waals surface area (Å²) in [4.78, 5) is 20.6. The van der Waals surface area contributed by atoms with E-state index in [4.69, 9.17) is 0 Å². The van der Waals surface area contributed by atoms with E-state index in [9.17, 15) is 28.2 Å². The molecule has 2 heterocycles. The van der Waals surface area contributed by atoms with Crippen molar-refractivity contribution in [3.8, 4) is 0 Å². The van der Waals surface area contributed by atoms with Crippen LogP contribution in [0, 0.1) is 0 Å². The Hall–Kier alpha value is -2.50. The predicted octanol–water partition coefficient (Wildman–Crippen LogP) is 4.23. The number of rotatable bonds is 6. The number of aliphatic hydroxyl groups is 2.